The lowest BCUT2D eigenvalue weighted by molar-refractivity contribution is -0.120. The van der Waals surface area contributed by atoms with Gasteiger partial charge in [-0.05, 0) is 35.7 Å². The van der Waals surface area contributed by atoms with Crippen LogP contribution in [0.3, 0.4) is 0 Å². The molecule has 0 saturated heterocycles. The number of aromatic nitrogens is 1. The summed E-state index contributed by atoms with van der Waals surface area (Å²) in [6.07, 6.45) is 2.74. The topological polar surface area (TPSA) is 95.3 Å². The number of aromatic hydroxyl groups is 1. The van der Waals surface area contributed by atoms with E-state index in [0.717, 1.165) is 16.5 Å². The standard InChI is InChI=1S/C21H18N2O4/c24-15-5-6-17-14(10-21(26)27-19(17)11-15)9-20(25)22-8-7-13-12-23-18-4-2-1-3-16(13)18/h1-6,10-12,23-24H,7-9H2,(H,22,25). The van der Waals surface area contributed by atoms with Crippen LogP contribution < -0.4 is 10.9 Å². The SMILES string of the molecule is O=C(Cc1cc(=O)oc2cc(O)ccc12)NCCc1c[nH]c2ccccc12. The van der Waals surface area contributed by atoms with Gasteiger partial charge in [-0.2, -0.15) is 0 Å². The van der Waals surface area contributed by atoms with E-state index in [9.17, 15) is 14.7 Å². The molecule has 0 atom stereocenters. The third-order valence-electron chi connectivity index (χ3n) is 4.56. The van der Waals surface area contributed by atoms with E-state index in [1.165, 1.54) is 18.2 Å². The first kappa shape index (κ1) is 16.9. The monoisotopic (exact) mass is 362 g/mol. The highest BCUT2D eigenvalue weighted by molar-refractivity contribution is 5.88. The molecule has 0 bridgehead atoms. The van der Waals surface area contributed by atoms with Crippen molar-refractivity contribution in [2.75, 3.05) is 6.54 Å². The Balaban J connectivity index is 1.44. The van der Waals surface area contributed by atoms with Gasteiger partial charge in [0.2, 0.25) is 5.91 Å². The average molecular weight is 362 g/mol. The molecule has 0 saturated carbocycles. The number of H-pyrrole nitrogens is 1. The molecule has 6 heteroatoms. The van der Waals surface area contributed by atoms with Crippen LogP contribution in [-0.4, -0.2) is 22.5 Å². The van der Waals surface area contributed by atoms with E-state index in [0.29, 0.717) is 23.9 Å². The number of carbonyl (C=O) groups excluding carboxylic acids is 1. The quantitative estimate of drug-likeness (QED) is 0.476. The van der Waals surface area contributed by atoms with Crippen molar-refractivity contribution in [1.29, 1.82) is 0 Å². The second-order valence-corrected chi connectivity index (χ2v) is 6.41. The van der Waals surface area contributed by atoms with E-state index < -0.39 is 5.63 Å². The zero-order valence-electron chi connectivity index (χ0n) is 14.5. The number of fused-ring (bicyclic) bond motifs is 2. The molecule has 0 aliphatic rings. The first-order valence-electron chi connectivity index (χ1n) is 8.67. The molecule has 0 unspecified atom stereocenters. The van der Waals surface area contributed by atoms with Gasteiger partial charge in [0.1, 0.15) is 11.3 Å². The summed E-state index contributed by atoms with van der Waals surface area (Å²) in [7, 11) is 0. The summed E-state index contributed by atoms with van der Waals surface area (Å²) in [5.41, 5.74) is 2.52. The van der Waals surface area contributed by atoms with Gasteiger partial charge in [0.25, 0.3) is 0 Å². The van der Waals surface area contributed by atoms with Crippen molar-refractivity contribution >= 4 is 27.8 Å². The maximum absolute atomic E-state index is 12.3. The maximum Gasteiger partial charge on any atom is 0.336 e. The van der Waals surface area contributed by atoms with Gasteiger partial charge in [0.05, 0.1) is 6.42 Å². The number of rotatable bonds is 5. The molecule has 2 aromatic heterocycles. The van der Waals surface area contributed by atoms with E-state index >= 15 is 0 Å². The molecular weight excluding hydrogens is 344 g/mol. The third kappa shape index (κ3) is 3.55. The number of nitrogens with one attached hydrogen (secondary N) is 2. The summed E-state index contributed by atoms with van der Waals surface area (Å²) in [6.45, 7) is 0.501. The van der Waals surface area contributed by atoms with Crippen molar-refractivity contribution in [1.82, 2.24) is 10.3 Å². The highest BCUT2D eigenvalue weighted by atomic mass is 16.4. The predicted octanol–water partition coefficient (Wildman–Crippen LogP) is 2.88. The zero-order chi connectivity index (χ0) is 18.8. The van der Waals surface area contributed by atoms with E-state index in [2.05, 4.69) is 10.3 Å². The van der Waals surface area contributed by atoms with Crippen molar-refractivity contribution < 1.29 is 14.3 Å². The lowest BCUT2D eigenvalue weighted by Gasteiger charge is -2.07. The van der Waals surface area contributed by atoms with Gasteiger partial charge in [-0.15, -0.1) is 0 Å². The molecule has 4 rings (SSSR count). The first-order chi connectivity index (χ1) is 13.1. The number of hydrogen-bond acceptors (Lipinski definition) is 4. The van der Waals surface area contributed by atoms with Gasteiger partial charge in [0.15, 0.2) is 0 Å². The van der Waals surface area contributed by atoms with Crippen LogP contribution >= 0.6 is 0 Å². The van der Waals surface area contributed by atoms with Crippen LogP contribution in [0.25, 0.3) is 21.9 Å². The number of amides is 1. The fourth-order valence-electron chi connectivity index (χ4n) is 3.28. The second-order valence-electron chi connectivity index (χ2n) is 6.41. The smallest absolute Gasteiger partial charge is 0.336 e. The van der Waals surface area contributed by atoms with Crippen LogP contribution in [0.5, 0.6) is 5.75 Å². The van der Waals surface area contributed by atoms with Crippen molar-refractivity contribution in [3.63, 3.8) is 0 Å². The van der Waals surface area contributed by atoms with Gasteiger partial charge >= 0.3 is 5.63 Å². The van der Waals surface area contributed by atoms with Gasteiger partial charge in [0, 0.05) is 41.2 Å². The van der Waals surface area contributed by atoms with Crippen LogP contribution in [0.4, 0.5) is 0 Å². The average Bonchev–Trinajstić information content (AvgIpc) is 3.04. The van der Waals surface area contributed by atoms with E-state index in [-0.39, 0.29) is 23.7 Å². The van der Waals surface area contributed by atoms with Crippen molar-refractivity contribution in [3.8, 4) is 5.75 Å². The number of phenolic OH excluding ortho intramolecular Hbond substituents is 1. The minimum atomic E-state index is -0.547. The van der Waals surface area contributed by atoms with E-state index in [1.807, 2.05) is 30.5 Å². The van der Waals surface area contributed by atoms with Crippen LogP contribution in [0, 0.1) is 0 Å². The zero-order valence-corrected chi connectivity index (χ0v) is 14.5. The molecule has 2 aromatic carbocycles. The lowest BCUT2D eigenvalue weighted by atomic mass is 10.1. The predicted molar refractivity (Wildman–Crippen MR) is 103 cm³/mol. The normalized spacial score (nSPS) is 11.1. The van der Waals surface area contributed by atoms with Crippen molar-refractivity contribution in [2.45, 2.75) is 12.8 Å². The number of phenols is 1. The summed E-state index contributed by atoms with van der Waals surface area (Å²) >= 11 is 0. The Bertz CT molecular complexity index is 1190. The largest absolute Gasteiger partial charge is 0.508 e. The molecule has 0 spiro atoms. The Hall–Kier alpha value is -3.54. The number of carbonyl (C=O) groups is 1. The Morgan fingerprint density at radius 2 is 1.93 bits per heavy atom. The molecule has 0 aliphatic heterocycles. The highest BCUT2D eigenvalue weighted by Crippen LogP contribution is 2.22. The highest BCUT2D eigenvalue weighted by Gasteiger charge is 2.11. The molecule has 1 amide bonds. The number of hydrogen-bond donors (Lipinski definition) is 3. The Morgan fingerprint density at radius 3 is 2.81 bits per heavy atom. The van der Waals surface area contributed by atoms with E-state index in [4.69, 9.17) is 4.42 Å². The van der Waals surface area contributed by atoms with Crippen LogP contribution in [0.1, 0.15) is 11.1 Å². The van der Waals surface area contributed by atoms with E-state index in [1.54, 1.807) is 6.07 Å². The maximum atomic E-state index is 12.3. The molecule has 2 heterocycles. The molecule has 0 aliphatic carbocycles. The second kappa shape index (κ2) is 6.99. The molecule has 4 aromatic rings. The minimum Gasteiger partial charge on any atom is -0.508 e. The molecule has 0 radical (unpaired) electrons. The molecule has 6 nitrogen and oxygen atoms in total. The Kier molecular flexibility index (Phi) is 4.38. The van der Waals surface area contributed by atoms with Crippen molar-refractivity contribution in [2.24, 2.45) is 0 Å². The van der Waals surface area contributed by atoms with Gasteiger partial charge < -0.3 is 19.8 Å². The Morgan fingerprint density at radius 1 is 1.07 bits per heavy atom. The van der Waals surface area contributed by atoms with Gasteiger partial charge in [-0.1, -0.05) is 18.2 Å². The van der Waals surface area contributed by atoms with Crippen LogP contribution in [0.2, 0.25) is 0 Å². The summed E-state index contributed by atoms with van der Waals surface area (Å²) in [5, 5.41) is 14.2. The summed E-state index contributed by atoms with van der Waals surface area (Å²) in [4.78, 5) is 27.3. The fourth-order valence-corrected chi connectivity index (χ4v) is 3.28. The number of para-hydroxylation sites is 1. The summed E-state index contributed by atoms with van der Waals surface area (Å²) in [5.74, 6) is -0.166. The number of aromatic amines is 1. The Labute approximate surface area is 154 Å². The molecular formula is C21H18N2O4. The minimum absolute atomic E-state index is 0.00554. The van der Waals surface area contributed by atoms with Gasteiger partial charge in [-0.3, -0.25) is 4.79 Å². The summed E-state index contributed by atoms with van der Waals surface area (Å²) < 4.78 is 5.08. The van der Waals surface area contributed by atoms with Crippen LogP contribution in [0.15, 0.2) is 63.9 Å². The fraction of sp³-hybridized carbons (Fsp3) is 0.143. The third-order valence-corrected chi connectivity index (χ3v) is 4.56. The number of benzene rings is 2. The first-order valence-corrected chi connectivity index (χ1v) is 8.67. The molecule has 136 valence electrons. The lowest BCUT2D eigenvalue weighted by Crippen LogP contribution is -2.27. The van der Waals surface area contributed by atoms with Gasteiger partial charge in [-0.25, -0.2) is 4.79 Å². The molecule has 3 N–H and O–H groups in total. The molecule has 0 fully saturated rings. The molecule has 27 heavy (non-hydrogen) atoms. The van der Waals surface area contributed by atoms with Crippen LogP contribution in [-0.2, 0) is 17.6 Å². The van der Waals surface area contributed by atoms with Crippen molar-refractivity contribution in [3.05, 3.63) is 76.3 Å². The summed E-state index contributed by atoms with van der Waals surface area (Å²) in [6, 6.07) is 13.9.